The van der Waals surface area contributed by atoms with Crippen molar-refractivity contribution in [3.8, 4) is 0 Å². The molecular weight excluding hydrogens is 242 g/mol. The number of hydrogen-bond acceptors (Lipinski definition) is 1. The Labute approximate surface area is 121 Å². The summed E-state index contributed by atoms with van der Waals surface area (Å²) in [6, 6.07) is 11.3. The van der Waals surface area contributed by atoms with E-state index in [1.54, 1.807) is 16.7 Å². The van der Waals surface area contributed by atoms with Crippen LogP contribution in [0.25, 0.3) is 0 Å². The van der Waals surface area contributed by atoms with E-state index in [2.05, 4.69) is 35.3 Å². The largest absolute Gasteiger partial charge is 0.264 e. The average molecular weight is 263 g/mol. The molecule has 0 amide bonds. The second kappa shape index (κ2) is 5.05. The first-order valence-corrected chi connectivity index (χ1v) is 7.90. The highest BCUT2D eigenvalue weighted by Gasteiger charge is 2.30. The van der Waals surface area contributed by atoms with Gasteiger partial charge in [0.2, 0.25) is 0 Å². The van der Waals surface area contributed by atoms with Crippen molar-refractivity contribution in [2.45, 2.75) is 44.4 Å². The lowest BCUT2D eigenvalue weighted by Crippen LogP contribution is -2.24. The van der Waals surface area contributed by atoms with Crippen molar-refractivity contribution < 1.29 is 0 Å². The van der Waals surface area contributed by atoms with E-state index in [1.165, 1.54) is 44.1 Å². The van der Waals surface area contributed by atoms with E-state index in [0.29, 0.717) is 0 Å². The first kappa shape index (κ1) is 12.1. The SMILES string of the molecule is c1cncc(C[C@H]2Cc3cccc4c3[C@@H](CCC4)C2)c1. The predicted molar refractivity (Wildman–Crippen MR) is 81.9 cm³/mol. The zero-order valence-electron chi connectivity index (χ0n) is 11.9. The first-order chi connectivity index (χ1) is 9.90. The van der Waals surface area contributed by atoms with Crippen LogP contribution in [0.4, 0.5) is 0 Å². The van der Waals surface area contributed by atoms with Gasteiger partial charge in [0.05, 0.1) is 0 Å². The lowest BCUT2D eigenvalue weighted by Gasteiger charge is -2.36. The smallest absolute Gasteiger partial charge is 0.0299 e. The minimum absolute atomic E-state index is 0.796. The molecule has 0 unspecified atom stereocenters. The van der Waals surface area contributed by atoms with Gasteiger partial charge in [-0.2, -0.15) is 0 Å². The Morgan fingerprint density at radius 2 is 2.05 bits per heavy atom. The minimum Gasteiger partial charge on any atom is -0.264 e. The molecule has 2 aliphatic carbocycles. The van der Waals surface area contributed by atoms with E-state index < -0.39 is 0 Å². The predicted octanol–water partition coefficient (Wildman–Crippen LogP) is 4.31. The Balaban J connectivity index is 1.61. The number of hydrogen-bond donors (Lipinski definition) is 0. The van der Waals surface area contributed by atoms with Crippen LogP contribution in [0.5, 0.6) is 0 Å². The third-order valence-corrected chi connectivity index (χ3v) is 5.07. The van der Waals surface area contributed by atoms with Crippen LogP contribution in [0.1, 0.15) is 47.4 Å². The van der Waals surface area contributed by atoms with E-state index in [0.717, 1.165) is 11.8 Å². The molecule has 2 aliphatic rings. The molecule has 0 saturated carbocycles. The van der Waals surface area contributed by atoms with E-state index in [9.17, 15) is 0 Å². The summed E-state index contributed by atoms with van der Waals surface area (Å²) in [6.07, 6.45) is 11.8. The van der Waals surface area contributed by atoms with Gasteiger partial charge in [-0.1, -0.05) is 24.3 Å². The molecule has 1 aromatic carbocycles. The highest BCUT2D eigenvalue weighted by Crippen LogP contribution is 2.43. The fourth-order valence-corrected chi connectivity index (χ4v) is 4.31. The maximum Gasteiger partial charge on any atom is 0.0299 e. The molecule has 4 rings (SSSR count). The van der Waals surface area contributed by atoms with Crippen molar-refractivity contribution in [1.82, 2.24) is 4.98 Å². The third kappa shape index (κ3) is 2.15. The maximum atomic E-state index is 4.26. The molecule has 20 heavy (non-hydrogen) atoms. The van der Waals surface area contributed by atoms with Crippen LogP contribution in [-0.4, -0.2) is 4.98 Å². The molecule has 0 saturated heterocycles. The summed E-state index contributed by atoms with van der Waals surface area (Å²) in [7, 11) is 0. The maximum absolute atomic E-state index is 4.26. The van der Waals surface area contributed by atoms with Gasteiger partial charge in [-0.05, 0) is 78.7 Å². The molecular formula is C19H21N. The van der Waals surface area contributed by atoms with Crippen molar-refractivity contribution >= 4 is 0 Å². The van der Waals surface area contributed by atoms with Gasteiger partial charge < -0.3 is 0 Å². The van der Waals surface area contributed by atoms with Crippen molar-refractivity contribution in [1.29, 1.82) is 0 Å². The van der Waals surface area contributed by atoms with Gasteiger partial charge >= 0.3 is 0 Å². The Morgan fingerprint density at radius 1 is 1.10 bits per heavy atom. The van der Waals surface area contributed by atoms with Crippen molar-refractivity contribution in [2.24, 2.45) is 5.92 Å². The average Bonchev–Trinajstić information content (AvgIpc) is 2.49. The molecule has 0 aliphatic heterocycles. The van der Waals surface area contributed by atoms with Crippen LogP contribution >= 0.6 is 0 Å². The molecule has 1 nitrogen and oxygen atoms in total. The van der Waals surface area contributed by atoms with Crippen LogP contribution in [0.2, 0.25) is 0 Å². The Hall–Kier alpha value is -1.63. The summed E-state index contributed by atoms with van der Waals surface area (Å²) in [5, 5.41) is 0. The lowest BCUT2D eigenvalue weighted by molar-refractivity contribution is 0.368. The highest BCUT2D eigenvalue weighted by atomic mass is 14.6. The third-order valence-electron chi connectivity index (χ3n) is 5.07. The van der Waals surface area contributed by atoms with Crippen molar-refractivity contribution in [3.63, 3.8) is 0 Å². The molecule has 1 heterocycles. The van der Waals surface area contributed by atoms with Crippen LogP contribution in [-0.2, 0) is 19.3 Å². The van der Waals surface area contributed by atoms with E-state index in [-0.39, 0.29) is 0 Å². The summed E-state index contributed by atoms with van der Waals surface area (Å²) in [4.78, 5) is 4.26. The van der Waals surface area contributed by atoms with Gasteiger partial charge in [0.1, 0.15) is 0 Å². The van der Waals surface area contributed by atoms with Crippen LogP contribution in [0.15, 0.2) is 42.7 Å². The Kier molecular flexibility index (Phi) is 3.06. The van der Waals surface area contributed by atoms with Crippen LogP contribution in [0, 0.1) is 5.92 Å². The molecule has 1 aromatic heterocycles. The topological polar surface area (TPSA) is 12.9 Å². The van der Waals surface area contributed by atoms with Crippen molar-refractivity contribution in [2.75, 3.05) is 0 Å². The summed E-state index contributed by atoms with van der Waals surface area (Å²) in [6.45, 7) is 0. The van der Waals surface area contributed by atoms with E-state index in [1.807, 2.05) is 12.4 Å². The van der Waals surface area contributed by atoms with Gasteiger partial charge in [0.25, 0.3) is 0 Å². The summed E-state index contributed by atoms with van der Waals surface area (Å²) in [5.41, 5.74) is 6.39. The highest BCUT2D eigenvalue weighted by molar-refractivity contribution is 5.42. The molecule has 0 radical (unpaired) electrons. The first-order valence-electron chi connectivity index (χ1n) is 7.90. The number of aryl methyl sites for hydroxylation is 1. The quantitative estimate of drug-likeness (QED) is 0.787. The zero-order chi connectivity index (χ0) is 13.4. The Bertz CT molecular complexity index is 602. The van der Waals surface area contributed by atoms with Gasteiger partial charge in [0.15, 0.2) is 0 Å². The lowest BCUT2D eigenvalue weighted by atomic mass is 9.69. The van der Waals surface area contributed by atoms with E-state index in [4.69, 9.17) is 0 Å². The van der Waals surface area contributed by atoms with Gasteiger partial charge in [-0.3, -0.25) is 4.98 Å². The monoisotopic (exact) mass is 263 g/mol. The standard InChI is InChI=1S/C19H21N/c1-5-16-6-2-8-18-12-15(11-17(7-1)19(16)18)10-14-4-3-9-20-13-14/h1,3-5,7,9,13,15,18H,2,6,8,10-12H2/t15-,18-/m0/s1. The summed E-state index contributed by atoms with van der Waals surface area (Å²) >= 11 is 0. The number of aromatic nitrogens is 1. The normalized spacial score (nSPS) is 24.2. The van der Waals surface area contributed by atoms with Crippen molar-refractivity contribution in [3.05, 3.63) is 65.0 Å². The summed E-state index contributed by atoms with van der Waals surface area (Å²) < 4.78 is 0. The minimum atomic E-state index is 0.796. The molecule has 0 N–H and O–H groups in total. The number of benzene rings is 1. The Morgan fingerprint density at radius 3 is 2.95 bits per heavy atom. The molecule has 0 bridgehead atoms. The molecule has 0 fully saturated rings. The summed E-state index contributed by atoms with van der Waals surface area (Å²) in [5.74, 6) is 1.62. The number of nitrogens with zero attached hydrogens (tertiary/aromatic N) is 1. The van der Waals surface area contributed by atoms with Crippen LogP contribution < -0.4 is 0 Å². The molecule has 0 spiro atoms. The van der Waals surface area contributed by atoms with Gasteiger partial charge in [-0.15, -0.1) is 0 Å². The fraction of sp³-hybridized carbons (Fsp3) is 0.421. The zero-order valence-corrected chi connectivity index (χ0v) is 11.9. The second-order valence-corrected chi connectivity index (χ2v) is 6.45. The number of rotatable bonds is 2. The molecule has 1 heteroatoms. The van der Waals surface area contributed by atoms with E-state index >= 15 is 0 Å². The molecule has 2 atom stereocenters. The van der Waals surface area contributed by atoms with Gasteiger partial charge in [0, 0.05) is 12.4 Å². The van der Waals surface area contributed by atoms with Crippen LogP contribution in [0.3, 0.4) is 0 Å². The fourth-order valence-electron chi connectivity index (χ4n) is 4.31. The number of pyridine rings is 1. The second-order valence-electron chi connectivity index (χ2n) is 6.45. The molecule has 2 aromatic rings. The molecule has 102 valence electrons. The van der Waals surface area contributed by atoms with Gasteiger partial charge in [-0.25, -0.2) is 0 Å².